The standard InChI is InChI=1S/C17H10F5N5O3/c18-14(19)15-23-12(25-30-15)8-27-16(28)26-7-10(3-6-13(26)24-27)9-1-4-11(5-2-9)29-17(20,21)22/h1-7,14H,8H2. The number of nitrogens with zero attached hydrogens (tertiary/aromatic N) is 5. The highest BCUT2D eigenvalue weighted by Crippen LogP contribution is 2.26. The molecule has 4 aromatic rings. The Balaban J connectivity index is 1.61. The number of rotatable bonds is 5. The van der Waals surface area contributed by atoms with E-state index in [4.69, 9.17) is 0 Å². The van der Waals surface area contributed by atoms with Gasteiger partial charge in [0.1, 0.15) is 12.3 Å². The number of pyridine rings is 1. The summed E-state index contributed by atoms with van der Waals surface area (Å²) in [5, 5.41) is 7.44. The molecule has 8 nitrogen and oxygen atoms in total. The molecule has 0 N–H and O–H groups in total. The van der Waals surface area contributed by atoms with Gasteiger partial charge in [-0.2, -0.15) is 13.8 Å². The van der Waals surface area contributed by atoms with E-state index in [0.717, 1.165) is 16.8 Å². The summed E-state index contributed by atoms with van der Waals surface area (Å²) >= 11 is 0. The van der Waals surface area contributed by atoms with E-state index in [1.165, 1.54) is 28.8 Å². The first kappa shape index (κ1) is 19.5. The number of fused-ring (bicyclic) bond motifs is 1. The summed E-state index contributed by atoms with van der Waals surface area (Å²) in [5.41, 5.74) is 0.735. The summed E-state index contributed by atoms with van der Waals surface area (Å²) in [6.45, 7) is -0.282. The lowest BCUT2D eigenvalue weighted by atomic mass is 10.1. The first-order chi connectivity index (χ1) is 14.2. The third-order valence-corrected chi connectivity index (χ3v) is 3.96. The molecule has 0 saturated carbocycles. The molecule has 0 fully saturated rings. The fourth-order valence-corrected chi connectivity index (χ4v) is 2.70. The molecule has 0 spiro atoms. The predicted octanol–water partition coefficient (Wildman–Crippen LogP) is 3.43. The monoisotopic (exact) mass is 427 g/mol. The van der Waals surface area contributed by atoms with Crippen LogP contribution < -0.4 is 10.4 Å². The number of benzene rings is 1. The minimum atomic E-state index is -4.79. The van der Waals surface area contributed by atoms with Crippen LogP contribution in [0.3, 0.4) is 0 Å². The van der Waals surface area contributed by atoms with Crippen LogP contribution in [-0.2, 0) is 6.54 Å². The maximum Gasteiger partial charge on any atom is 0.573 e. The normalized spacial score (nSPS) is 12.1. The van der Waals surface area contributed by atoms with Crippen molar-refractivity contribution in [2.75, 3.05) is 0 Å². The van der Waals surface area contributed by atoms with Gasteiger partial charge in [-0.1, -0.05) is 17.3 Å². The van der Waals surface area contributed by atoms with Crippen LogP contribution in [0, 0.1) is 0 Å². The number of hydrogen-bond donors (Lipinski definition) is 0. The van der Waals surface area contributed by atoms with Gasteiger partial charge in [0.2, 0.25) is 0 Å². The fourth-order valence-electron chi connectivity index (χ4n) is 2.70. The molecule has 1 aromatic carbocycles. The molecule has 4 rings (SSSR count). The van der Waals surface area contributed by atoms with Gasteiger partial charge in [-0.05, 0) is 35.4 Å². The number of alkyl halides is 5. The molecule has 13 heteroatoms. The van der Waals surface area contributed by atoms with Crippen molar-refractivity contribution in [1.82, 2.24) is 24.3 Å². The summed E-state index contributed by atoms with van der Waals surface area (Å²) in [7, 11) is 0. The van der Waals surface area contributed by atoms with E-state index in [-0.39, 0.29) is 23.8 Å². The fraction of sp³-hybridized carbons (Fsp3) is 0.176. The van der Waals surface area contributed by atoms with Crippen molar-refractivity contribution in [2.24, 2.45) is 0 Å². The van der Waals surface area contributed by atoms with Crippen molar-refractivity contribution in [1.29, 1.82) is 0 Å². The molecular formula is C17H10F5N5O3. The lowest BCUT2D eigenvalue weighted by molar-refractivity contribution is -0.274. The molecule has 0 saturated heterocycles. The van der Waals surface area contributed by atoms with Crippen LogP contribution in [0.1, 0.15) is 18.1 Å². The van der Waals surface area contributed by atoms with Crippen molar-refractivity contribution >= 4 is 5.65 Å². The molecule has 0 radical (unpaired) electrons. The summed E-state index contributed by atoms with van der Waals surface area (Å²) < 4.78 is 72.2. The average molecular weight is 427 g/mol. The zero-order valence-corrected chi connectivity index (χ0v) is 14.7. The van der Waals surface area contributed by atoms with Crippen LogP contribution in [0.25, 0.3) is 16.8 Å². The van der Waals surface area contributed by atoms with Gasteiger partial charge in [0.15, 0.2) is 11.5 Å². The second kappa shape index (κ2) is 7.24. The second-order valence-corrected chi connectivity index (χ2v) is 6.01. The van der Waals surface area contributed by atoms with Gasteiger partial charge in [0, 0.05) is 6.20 Å². The maximum atomic E-state index is 12.6. The largest absolute Gasteiger partial charge is 0.573 e. The number of aromatic nitrogens is 5. The molecule has 156 valence electrons. The van der Waals surface area contributed by atoms with Crippen molar-refractivity contribution in [3.63, 3.8) is 0 Å². The molecule has 0 atom stereocenters. The van der Waals surface area contributed by atoms with E-state index in [2.05, 4.69) is 24.5 Å². The average Bonchev–Trinajstić information content (AvgIpc) is 3.27. The van der Waals surface area contributed by atoms with Crippen molar-refractivity contribution in [3.8, 4) is 16.9 Å². The van der Waals surface area contributed by atoms with Gasteiger partial charge in [-0.25, -0.2) is 13.9 Å². The Morgan fingerprint density at radius 1 is 1.07 bits per heavy atom. The predicted molar refractivity (Wildman–Crippen MR) is 89.9 cm³/mol. The van der Waals surface area contributed by atoms with Gasteiger partial charge < -0.3 is 9.26 Å². The van der Waals surface area contributed by atoms with Gasteiger partial charge >= 0.3 is 18.5 Å². The Morgan fingerprint density at radius 3 is 2.40 bits per heavy atom. The van der Waals surface area contributed by atoms with Crippen molar-refractivity contribution in [2.45, 2.75) is 19.3 Å². The minimum Gasteiger partial charge on any atom is -0.406 e. The molecule has 30 heavy (non-hydrogen) atoms. The Hall–Kier alpha value is -3.77. The van der Waals surface area contributed by atoms with Gasteiger partial charge in [-0.15, -0.1) is 18.3 Å². The number of hydrogen-bond acceptors (Lipinski definition) is 6. The highest BCUT2D eigenvalue weighted by molar-refractivity contribution is 5.65. The number of ether oxygens (including phenoxy) is 1. The topological polar surface area (TPSA) is 87.5 Å². The van der Waals surface area contributed by atoms with E-state index >= 15 is 0 Å². The van der Waals surface area contributed by atoms with Crippen molar-refractivity contribution < 1.29 is 31.2 Å². The molecular weight excluding hydrogens is 417 g/mol. The van der Waals surface area contributed by atoms with E-state index < -0.39 is 24.4 Å². The Morgan fingerprint density at radius 2 is 1.77 bits per heavy atom. The first-order valence-electron chi connectivity index (χ1n) is 8.26. The zero-order chi connectivity index (χ0) is 21.5. The quantitative estimate of drug-likeness (QED) is 0.454. The Bertz CT molecular complexity index is 1240. The molecule has 0 amide bonds. The molecule has 0 aliphatic rings. The van der Waals surface area contributed by atoms with Crippen LogP contribution >= 0.6 is 0 Å². The summed E-state index contributed by atoms with van der Waals surface area (Å²) in [5.74, 6) is -1.38. The minimum absolute atomic E-state index is 0.142. The van der Waals surface area contributed by atoms with E-state index in [9.17, 15) is 26.7 Å². The SMILES string of the molecule is O=c1n(Cc2noc(C(F)F)n2)nc2ccc(-c3ccc(OC(F)(F)F)cc3)cn12. The molecule has 0 aliphatic heterocycles. The second-order valence-electron chi connectivity index (χ2n) is 6.01. The van der Waals surface area contributed by atoms with Crippen LogP contribution in [0.5, 0.6) is 5.75 Å². The highest BCUT2D eigenvalue weighted by atomic mass is 19.4. The summed E-state index contributed by atoms with van der Waals surface area (Å²) in [4.78, 5) is 16.0. The molecule has 0 aliphatic carbocycles. The van der Waals surface area contributed by atoms with Gasteiger partial charge in [-0.3, -0.25) is 0 Å². The molecule has 0 unspecified atom stereocenters. The van der Waals surface area contributed by atoms with Crippen molar-refractivity contribution in [3.05, 3.63) is 64.8 Å². The van der Waals surface area contributed by atoms with Gasteiger partial charge in [0.05, 0.1) is 0 Å². The number of halogens is 5. The zero-order valence-electron chi connectivity index (χ0n) is 14.7. The third-order valence-electron chi connectivity index (χ3n) is 3.96. The van der Waals surface area contributed by atoms with E-state index in [0.29, 0.717) is 11.1 Å². The lowest BCUT2D eigenvalue weighted by Crippen LogP contribution is -2.22. The summed E-state index contributed by atoms with van der Waals surface area (Å²) in [6.07, 6.45) is -6.28. The lowest BCUT2D eigenvalue weighted by Gasteiger charge is -2.09. The van der Waals surface area contributed by atoms with Crippen LogP contribution in [0.15, 0.2) is 51.9 Å². The third kappa shape index (κ3) is 3.99. The Labute approximate surface area is 163 Å². The maximum absolute atomic E-state index is 12.6. The van der Waals surface area contributed by atoms with E-state index in [1.54, 1.807) is 6.07 Å². The molecule has 0 bridgehead atoms. The first-order valence-corrected chi connectivity index (χ1v) is 8.26. The smallest absolute Gasteiger partial charge is 0.406 e. The molecule has 3 aromatic heterocycles. The van der Waals surface area contributed by atoms with E-state index in [1.807, 2.05) is 0 Å². The highest BCUT2D eigenvalue weighted by Gasteiger charge is 2.31. The van der Waals surface area contributed by atoms with Crippen LogP contribution in [0.2, 0.25) is 0 Å². The summed E-state index contributed by atoms with van der Waals surface area (Å²) in [6, 6.07) is 8.25. The van der Waals surface area contributed by atoms with Crippen LogP contribution in [0.4, 0.5) is 22.0 Å². The van der Waals surface area contributed by atoms with Gasteiger partial charge in [0.25, 0.3) is 5.89 Å². The molecule has 3 heterocycles. The van der Waals surface area contributed by atoms with Crippen LogP contribution in [-0.4, -0.2) is 30.7 Å². The Kier molecular flexibility index (Phi) is 4.72.